The normalized spacial score (nSPS) is 14.2. The first-order valence-corrected chi connectivity index (χ1v) is 8.54. The van der Waals surface area contributed by atoms with Crippen molar-refractivity contribution in [3.63, 3.8) is 0 Å². The highest BCUT2D eigenvalue weighted by atomic mass is 16.5. The molecule has 0 saturated heterocycles. The van der Waals surface area contributed by atoms with E-state index in [9.17, 15) is 4.79 Å². The van der Waals surface area contributed by atoms with Crippen molar-refractivity contribution >= 4 is 5.97 Å². The van der Waals surface area contributed by atoms with Crippen molar-refractivity contribution in [3.8, 4) is 11.1 Å². The molecule has 1 atom stereocenters. The molecule has 3 rings (SSSR count). The number of hydrogen-bond donors (Lipinski definition) is 0. The van der Waals surface area contributed by atoms with E-state index in [1.165, 1.54) is 22.3 Å². The van der Waals surface area contributed by atoms with Crippen LogP contribution in [0.1, 0.15) is 50.2 Å². The lowest BCUT2D eigenvalue weighted by molar-refractivity contribution is -0.144. The van der Waals surface area contributed by atoms with Crippen molar-refractivity contribution in [1.29, 1.82) is 0 Å². The molecule has 1 unspecified atom stereocenters. The summed E-state index contributed by atoms with van der Waals surface area (Å²) in [7, 11) is 0. The van der Waals surface area contributed by atoms with Crippen LogP contribution in [0.25, 0.3) is 11.1 Å². The smallest absolute Gasteiger partial charge is 0.306 e. The third kappa shape index (κ3) is 3.31. The Bertz CT molecular complexity index is 644. The van der Waals surface area contributed by atoms with Gasteiger partial charge in [-0.3, -0.25) is 4.79 Å². The van der Waals surface area contributed by atoms with Crippen molar-refractivity contribution in [2.45, 2.75) is 39.0 Å². The first-order chi connectivity index (χ1) is 11.2. The van der Waals surface area contributed by atoms with E-state index in [-0.39, 0.29) is 11.9 Å². The standard InChI is InChI=1S/C21H24O2/c1-3-8-15(2)13-21(22)23-14-20-18-11-6-4-9-16(18)17-10-5-7-12-19(17)20/h4-7,9-12,15,20H,3,8,13-14H2,1-2H3. The van der Waals surface area contributed by atoms with Crippen LogP contribution in [-0.2, 0) is 9.53 Å². The molecule has 2 aromatic carbocycles. The van der Waals surface area contributed by atoms with Crippen LogP contribution in [0, 0.1) is 5.92 Å². The predicted octanol–water partition coefficient (Wildman–Crippen LogP) is 5.17. The van der Waals surface area contributed by atoms with Gasteiger partial charge in [-0.2, -0.15) is 0 Å². The molecule has 2 heteroatoms. The summed E-state index contributed by atoms with van der Waals surface area (Å²) in [6, 6.07) is 16.8. The monoisotopic (exact) mass is 308 g/mol. The van der Waals surface area contributed by atoms with Crippen LogP contribution in [0.3, 0.4) is 0 Å². The second-order valence-electron chi connectivity index (χ2n) is 6.51. The Morgan fingerprint density at radius 2 is 1.61 bits per heavy atom. The molecular weight excluding hydrogens is 284 g/mol. The summed E-state index contributed by atoms with van der Waals surface area (Å²) in [6.45, 7) is 4.70. The number of ether oxygens (including phenoxy) is 1. The van der Waals surface area contributed by atoms with Crippen molar-refractivity contribution < 1.29 is 9.53 Å². The molecule has 120 valence electrons. The van der Waals surface area contributed by atoms with Gasteiger partial charge < -0.3 is 4.74 Å². The highest BCUT2D eigenvalue weighted by Gasteiger charge is 2.29. The Kier molecular flexibility index (Phi) is 4.80. The van der Waals surface area contributed by atoms with Gasteiger partial charge in [-0.1, -0.05) is 75.2 Å². The van der Waals surface area contributed by atoms with Gasteiger partial charge in [0.15, 0.2) is 0 Å². The number of carbonyl (C=O) groups excluding carboxylic acids is 1. The summed E-state index contributed by atoms with van der Waals surface area (Å²) in [5.74, 6) is 0.483. The van der Waals surface area contributed by atoms with Crippen LogP contribution in [0.2, 0.25) is 0 Å². The summed E-state index contributed by atoms with van der Waals surface area (Å²) in [5.41, 5.74) is 5.07. The van der Waals surface area contributed by atoms with Crippen LogP contribution in [0.4, 0.5) is 0 Å². The SMILES string of the molecule is CCCC(C)CC(=O)OCC1c2ccccc2-c2ccccc21. The minimum Gasteiger partial charge on any atom is -0.465 e. The fourth-order valence-corrected chi connectivity index (χ4v) is 3.55. The molecule has 0 aromatic heterocycles. The highest BCUT2D eigenvalue weighted by molar-refractivity contribution is 5.79. The van der Waals surface area contributed by atoms with Crippen LogP contribution in [-0.4, -0.2) is 12.6 Å². The van der Waals surface area contributed by atoms with E-state index >= 15 is 0 Å². The molecule has 0 fully saturated rings. The van der Waals surface area contributed by atoms with Crippen LogP contribution >= 0.6 is 0 Å². The van der Waals surface area contributed by atoms with E-state index in [0.717, 1.165) is 12.8 Å². The van der Waals surface area contributed by atoms with E-state index in [1.54, 1.807) is 0 Å². The number of fused-ring (bicyclic) bond motifs is 3. The molecule has 1 aliphatic rings. The van der Waals surface area contributed by atoms with E-state index in [4.69, 9.17) is 4.74 Å². The zero-order valence-electron chi connectivity index (χ0n) is 13.9. The number of hydrogen-bond acceptors (Lipinski definition) is 2. The zero-order chi connectivity index (χ0) is 16.2. The Hall–Kier alpha value is -2.09. The second-order valence-corrected chi connectivity index (χ2v) is 6.51. The Morgan fingerprint density at radius 3 is 2.17 bits per heavy atom. The molecule has 23 heavy (non-hydrogen) atoms. The van der Waals surface area contributed by atoms with Crippen molar-refractivity contribution in [2.24, 2.45) is 5.92 Å². The summed E-state index contributed by atoms with van der Waals surface area (Å²) >= 11 is 0. The van der Waals surface area contributed by atoms with E-state index in [2.05, 4.69) is 62.4 Å². The zero-order valence-corrected chi connectivity index (χ0v) is 13.9. The molecule has 0 heterocycles. The van der Waals surface area contributed by atoms with Gasteiger partial charge in [0.1, 0.15) is 6.61 Å². The predicted molar refractivity (Wildman–Crippen MR) is 93.4 cm³/mol. The summed E-state index contributed by atoms with van der Waals surface area (Å²) in [5, 5.41) is 0. The minimum atomic E-state index is -0.0761. The van der Waals surface area contributed by atoms with Gasteiger partial charge in [-0.05, 0) is 28.2 Å². The summed E-state index contributed by atoms with van der Waals surface area (Å²) < 4.78 is 5.62. The fourth-order valence-electron chi connectivity index (χ4n) is 3.55. The van der Waals surface area contributed by atoms with Gasteiger partial charge >= 0.3 is 5.97 Å². The van der Waals surface area contributed by atoms with Crippen LogP contribution in [0.5, 0.6) is 0 Å². The molecule has 0 amide bonds. The number of rotatable bonds is 6. The lowest BCUT2D eigenvalue weighted by Gasteiger charge is -2.15. The molecule has 2 nitrogen and oxygen atoms in total. The maximum Gasteiger partial charge on any atom is 0.306 e. The summed E-state index contributed by atoms with van der Waals surface area (Å²) in [6.07, 6.45) is 2.70. The lowest BCUT2D eigenvalue weighted by atomic mass is 9.98. The van der Waals surface area contributed by atoms with Crippen molar-refractivity contribution in [3.05, 3.63) is 59.7 Å². The van der Waals surface area contributed by atoms with E-state index in [0.29, 0.717) is 18.9 Å². The van der Waals surface area contributed by atoms with Crippen LogP contribution < -0.4 is 0 Å². The molecule has 0 spiro atoms. The molecular formula is C21H24O2. The highest BCUT2D eigenvalue weighted by Crippen LogP contribution is 2.44. The number of benzene rings is 2. The topological polar surface area (TPSA) is 26.3 Å². The third-order valence-electron chi connectivity index (χ3n) is 4.67. The van der Waals surface area contributed by atoms with Crippen molar-refractivity contribution in [2.75, 3.05) is 6.61 Å². The average molecular weight is 308 g/mol. The van der Waals surface area contributed by atoms with E-state index in [1.807, 2.05) is 0 Å². The molecule has 0 bridgehead atoms. The maximum absolute atomic E-state index is 12.1. The average Bonchev–Trinajstić information content (AvgIpc) is 2.87. The molecule has 2 aromatic rings. The van der Waals surface area contributed by atoms with Crippen molar-refractivity contribution in [1.82, 2.24) is 0 Å². The fraction of sp³-hybridized carbons (Fsp3) is 0.381. The second kappa shape index (κ2) is 6.99. The van der Waals surface area contributed by atoms with Crippen LogP contribution in [0.15, 0.2) is 48.5 Å². The molecule has 0 radical (unpaired) electrons. The van der Waals surface area contributed by atoms with E-state index < -0.39 is 0 Å². The third-order valence-corrected chi connectivity index (χ3v) is 4.67. The summed E-state index contributed by atoms with van der Waals surface area (Å²) in [4.78, 5) is 12.1. The molecule has 0 saturated carbocycles. The molecule has 0 N–H and O–H groups in total. The van der Waals surface area contributed by atoms with Gasteiger partial charge in [0.25, 0.3) is 0 Å². The van der Waals surface area contributed by atoms with Gasteiger partial charge in [0.2, 0.25) is 0 Å². The lowest BCUT2D eigenvalue weighted by Crippen LogP contribution is -2.14. The minimum absolute atomic E-state index is 0.0761. The van der Waals surface area contributed by atoms with Gasteiger partial charge in [-0.25, -0.2) is 0 Å². The largest absolute Gasteiger partial charge is 0.465 e. The Labute approximate surface area is 138 Å². The first kappa shape index (κ1) is 15.8. The maximum atomic E-state index is 12.1. The Balaban J connectivity index is 1.72. The number of esters is 1. The first-order valence-electron chi connectivity index (χ1n) is 8.54. The van der Waals surface area contributed by atoms with Gasteiger partial charge in [0.05, 0.1) is 0 Å². The quantitative estimate of drug-likeness (QED) is 0.688. The Morgan fingerprint density at radius 1 is 1.04 bits per heavy atom. The number of carbonyl (C=O) groups is 1. The van der Waals surface area contributed by atoms with Gasteiger partial charge in [-0.15, -0.1) is 0 Å². The molecule has 0 aliphatic heterocycles. The van der Waals surface area contributed by atoms with Gasteiger partial charge in [0, 0.05) is 12.3 Å². The molecule has 1 aliphatic carbocycles.